The average Bonchev–Trinajstić information content (AvgIpc) is 2.67. The van der Waals surface area contributed by atoms with Gasteiger partial charge in [-0.2, -0.15) is 0 Å². The van der Waals surface area contributed by atoms with Crippen LogP contribution in [0, 0.1) is 0 Å². The van der Waals surface area contributed by atoms with E-state index in [4.69, 9.17) is 5.73 Å². The first-order valence-corrected chi connectivity index (χ1v) is 5.14. The second kappa shape index (κ2) is 3.92. The molecule has 1 aromatic rings. The van der Waals surface area contributed by atoms with Crippen molar-refractivity contribution >= 4 is 0 Å². The first kappa shape index (κ1) is 8.75. The number of H-pyrrole nitrogens is 1. The highest BCUT2D eigenvalue weighted by Gasteiger charge is 2.17. The summed E-state index contributed by atoms with van der Waals surface area (Å²) >= 11 is 0. The molecule has 0 atom stereocenters. The number of aromatic nitrogens is 2. The maximum Gasteiger partial charge on any atom is 0.109 e. The van der Waals surface area contributed by atoms with Gasteiger partial charge in [0.1, 0.15) is 5.82 Å². The fourth-order valence-electron chi connectivity index (χ4n) is 2.06. The van der Waals surface area contributed by atoms with Crippen molar-refractivity contribution in [1.82, 2.24) is 9.97 Å². The summed E-state index contributed by atoms with van der Waals surface area (Å²) in [6, 6.07) is 0. The van der Waals surface area contributed by atoms with Gasteiger partial charge in [-0.25, -0.2) is 4.98 Å². The molecule has 0 aromatic carbocycles. The molecule has 0 bridgehead atoms. The van der Waals surface area contributed by atoms with Gasteiger partial charge in [-0.3, -0.25) is 0 Å². The Bertz CT molecular complexity index is 261. The topological polar surface area (TPSA) is 54.7 Å². The molecule has 0 saturated heterocycles. The lowest BCUT2D eigenvalue weighted by Gasteiger charge is -2.19. The summed E-state index contributed by atoms with van der Waals surface area (Å²) < 4.78 is 0. The number of aromatic amines is 1. The van der Waals surface area contributed by atoms with E-state index < -0.39 is 0 Å². The van der Waals surface area contributed by atoms with E-state index in [1.165, 1.54) is 32.1 Å². The van der Waals surface area contributed by atoms with E-state index >= 15 is 0 Å². The van der Waals surface area contributed by atoms with E-state index in [2.05, 4.69) is 9.97 Å². The third kappa shape index (κ3) is 1.91. The molecule has 1 fully saturated rings. The van der Waals surface area contributed by atoms with Crippen molar-refractivity contribution in [2.24, 2.45) is 5.73 Å². The van der Waals surface area contributed by atoms with E-state index in [0.717, 1.165) is 11.5 Å². The Balaban J connectivity index is 2.05. The van der Waals surface area contributed by atoms with Gasteiger partial charge in [0, 0.05) is 24.4 Å². The summed E-state index contributed by atoms with van der Waals surface area (Å²) in [5, 5.41) is 0. The zero-order chi connectivity index (χ0) is 9.10. The quantitative estimate of drug-likeness (QED) is 0.728. The molecular weight excluding hydrogens is 162 g/mol. The van der Waals surface area contributed by atoms with Gasteiger partial charge in [0.15, 0.2) is 0 Å². The Morgan fingerprint density at radius 1 is 1.38 bits per heavy atom. The summed E-state index contributed by atoms with van der Waals surface area (Å²) in [4.78, 5) is 7.67. The van der Waals surface area contributed by atoms with Gasteiger partial charge in [-0.15, -0.1) is 0 Å². The Morgan fingerprint density at radius 2 is 2.15 bits per heavy atom. The van der Waals surface area contributed by atoms with E-state index in [9.17, 15) is 0 Å². The summed E-state index contributed by atoms with van der Waals surface area (Å²) in [5.41, 5.74) is 6.58. The predicted molar refractivity (Wildman–Crippen MR) is 52.3 cm³/mol. The minimum atomic E-state index is 0.569. The van der Waals surface area contributed by atoms with Gasteiger partial charge >= 0.3 is 0 Å². The molecule has 0 unspecified atom stereocenters. The molecule has 1 aromatic heterocycles. The van der Waals surface area contributed by atoms with Crippen LogP contribution in [-0.4, -0.2) is 9.97 Å². The monoisotopic (exact) mass is 179 g/mol. The first-order valence-electron chi connectivity index (χ1n) is 5.14. The fourth-order valence-corrected chi connectivity index (χ4v) is 2.06. The van der Waals surface area contributed by atoms with Gasteiger partial charge in [-0.05, 0) is 12.8 Å². The molecule has 1 heterocycles. The molecule has 72 valence electrons. The highest BCUT2D eigenvalue weighted by atomic mass is 14.9. The Hall–Kier alpha value is -0.830. The van der Waals surface area contributed by atoms with Crippen LogP contribution >= 0.6 is 0 Å². The van der Waals surface area contributed by atoms with Crippen LogP contribution in [0.4, 0.5) is 0 Å². The Labute approximate surface area is 78.7 Å². The van der Waals surface area contributed by atoms with Crippen LogP contribution in [0.15, 0.2) is 6.20 Å². The molecule has 1 saturated carbocycles. The normalized spacial score (nSPS) is 19.2. The van der Waals surface area contributed by atoms with Crippen molar-refractivity contribution < 1.29 is 0 Å². The number of nitrogens with zero attached hydrogens (tertiary/aromatic N) is 1. The standard InChI is InChI=1S/C10H17N3/c11-6-9-7-12-10(13-9)8-4-2-1-3-5-8/h7-8H,1-6,11H2,(H,12,13). The lowest BCUT2D eigenvalue weighted by Crippen LogP contribution is -2.06. The predicted octanol–water partition coefficient (Wildman–Crippen LogP) is 1.92. The number of imidazole rings is 1. The molecule has 3 N–H and O–H groups in total. The van der Waals surface area contributed by atoms with Crippen molar-refractivity contribution in [2.45, 2.75) is 44.6 Å². The number of nitrogens with one attached hydrogen (secondary N) is 1. The molecule has 0 spiro atoms. The van der Waals surface area contributed by atoms with Gasteiger partial charge in [-0.1, -0.05) is 19.3 Å². The molecule has 0 amide bonds. The Kier molecular flexibility index (Phi) is 2.64. The third-order valence-electron chi connectivity index (χ3n) is 2.86. The second-order valence-corrected chi connectivity index (χ2v) is 3.83. The molecule has 2 rings (SSSR count). The molecule has 1 aliphatic carbocycles. The number of hydrogen-bond donors (Lipinski definition) is 2. The number of rotatable bonds is 2. The number of hydrogen-bond acceptors (Lipinski definition) is 2. The van der Waals surface area contributed by atoms with Crippen LogP contribution in [0.25, 0.3) is 0 Å². The van der Waals surface area contributed by atoms with Crippen molar-refractivity contribution in [3.63, 3.8) is 0 Å². The van der Waals surface area contributed by atoms with E-state index in [0.29, 0.717) is 12.5 Å². The highest BCUT2D eigenvalue weighted by Crippen LogP contribution is 2.30. The van der Waals surface area contributed by atoms with E-state index in [1.54, 1.807) is 0 Å². The van der Waals surface area contributed by atoms with Crippen molar-refractivity contribution in [1.29, 1.82) is 0 Å². The Morgan fingerprint density at radius 3 is 2.77 bits per heavy atom. The minimum absolute atomic E-state index is 0.569. The molecule has 0 radical (unpaired) electrons. The molecule has 1 aliphatic rings. The lowest BCUT2D eigenvalue weighted by molar-refractivity contribution is 0.430. The van der Waals surface area contributed by atoms with Gasteiger partial charge < -0.3 is 10.7 Å². The lowest BCUT2D eigenvalue weighted by atomic mass is 9.89. The third-order valence-corrected chi connectivity index (χ3v) is 2.86. The van der Waals surface area contributed by atoms with Gasteiger partial charge in [0.25, 0.3) is 0 Å². The minimum Gasteiger partial charge on any atom is -0.345 e. The van der Waals surface area contributed by atoms with Gasteiger partial charge in [0.05, 0.1) is 0 Å². The fraction of sp³-hybridized carbons (Fsp3) is 0.700. The molecule has 0 aliphatic heterocycles. The zero-order valence-corrected chi connectivity index (χ0v) is 7.92. The summed E-state index contributed by atoms with van der Waals surface area (Å²) in [6.07, 6.45) is 8.53. The average molecular weight is 179 g/mol. The maximum atomic E-state index is 5.52. The SMILES string of the molecule is NCc1cnc(C2CCCCC2)[nH]1. The zero-order valence-electron chi connectivity index (χ0n) is 7.92. The molecule has 3 heteroatoms. The van der Waals surface area contributed by atoms with Crippen molar-refractivity contribution in [2.75, 3.05) is 0 Å². The van der Waals surface area contributed by atoms with Gasteiger partial charge in [0.2, 0.25) is 0 Å². The van der Waals surface area contributed by atoms with Crippen LogP contribution in [0.1, 0.15) is 49.5 Å². The summed E-state index contributed by atoms with van der Waals surface area (Å²) in [6.45, 7) is 0.569. The van der Waals surface area contributed by atoms with Crippen LogP contribution in [0.5, 0.6) is 0 Å². The largest absolute Gasteiger partial charge is 0.345 e. The molecule has 3 nitrogen and oxygen atoms in total. The van der Waals surface area contributed by atoms with Crippen LogP contribution in [-0.2, 0) is 6.54 Å². The van der Waals surface area contributed by atoms with Crippen molar-refractivity contribution in [3.05, 3.63) is 17.7 Å². The van der Waals surface area contributed by atoms with Crippen LogP contribution in [0.2, 0.25) is 0 Å². The van der Waals surface area contributed by atoms with E-state index in [1.807, 2.05) is 6.20 Å². The first-order chi connectivity index (χ1) is 6.40. The number of nitrogens with two attached hydrogens (primary N) is 1. The van der Waals surface area contributed by atoms with Crippen LogP contribution < -0.4 is 5.73 Å². The summed E-state index contributed by atoms with van der Waals surface area (Å²) in [5.74, 6) is 1.81. The maximum absolute atomic E-state index is 5.52. The van der Waals surface area contributed by atoms with E-state index in [-0.39, 0.29) is 0 Å². The van der Waals surface area contributed by atoms with Crippen molar-refractivity contribution in [3.8, 4) is 0 Å². The summed E-state index contributed by atoms with van der Waals surface area (Å²) in [7, 11) is 0. The molecular formula is C10H17N3. The highest BCUT2D eigenvalue weighted by molar-refractivity contribution is 5.05. The second-order valence-electron chi connectivity index (χ2n) is 3.83. The van der Waals surface area contributed by atoms with Crippen LogP contribution in [0.3, 0.4) is 0 Å². The molecule has 13 heavy (non-hydrogen) atoms. The smallest absolute Gasteiger partial charge is 0.109 e.